The molecule has 1 aromatic carbocycles. The molecule has 1 aromatic heterocycles. The van der Waals surface area contributed by atoms with Crippen LogP contribution < -0.4 is 5.32 Å². The zero-order chi connectivity index (χ0) is 17.3. The summed E-state index contributed by atoms with van der Waals surface area (Å²) >= 11 is 1.96. The monoisotopic (exact) mass is 482 g/mol. The number of aliphatic imine (C=N–C) groups is 1. The average molecular weight is 482 g/mol. The summed E-state index contributed by atoms with van der Waals surface area (Å²) in [6, 6.07) is 16.6. The van der Waals surface area contributed by atoms with Gasteiger partial charge < -0.3 is 10.2 Å². The van der Waals surface area contributed by atoms with Crippen LogP contribution in [-0.4, -0.2) is 41.2 Å². The van der Waals surface area contributed by atoms with Crippen LogP contribution >= 0.6 is 35.7 Å². The first-order chi connectivity index (χ1) is 12.3. The number of likely N-dealkylation sites (tertiary alicyclic amines) is 1. The third kappa shape index (κ3) is 6.46. The molecule has 0 spiro atoms. The topological polar surface area (TPSA) is 40.5 Å². The minimum absolute atomic E-state index is 0. The second kappa shape index (κ2) is 11.4. The fourth-order valence-corrected chi connectivity index (χ4v) is 4.02. The molecule has 6 heteroatoms. The van der Waals surface area contributed by atoms with Gasteiger partial charge in [-0.1, -0.05) is 24.3 Å². The van der Waals surface area contributed by atoms with E-state index in [-0.39, 0.29) is 24.0 Å². The molecule has 0 bridgehead atoms. The molecule has 1 N–H and O–H groups in total. The van der Waals surface area contributed by atoms with Crippen molar-refractivity contribution in [2.45, 2.75) is 24.8 Å². The summed E-state index contributed by atoms with van der Waals surface area (Å²) in [6.45, 7) is 5.79. The summed E-state index contributed by atoms with van der Waals surface area (Å²) in [5.74, 6) is 2.89. The van der Waals surface area contributed by atoms with Crippen LogP contribution in [0.3, 0.4) is 0 Å². The second-order valence-electron chi connectivity index (χ2n) is 6.22. The molecule has 0 saturated carbocycles. The Hall–Kier alpha value is -1.28. The first kappa shape index (κ1) is 21.0. The zero-order valence-electron chi connectivity index (χ0n) is 15.2. The van der Waals surface area contributed by atoms with Crippen LogP contribution in [0.2, 0.25) is 0 Å². The molecular formula is C20H27IN4S. The van der Waals surface area contributed by atoms with Crippen LogP contribution in [-0.2, 0) is 6.54 Å². The lowest BCUT2D eigenvalue weighted by atomic mass is 10.2. The Balaban J connectivity index is 0.00000243. The van der Waals surface area contributed by atoms with Gasteiger partial charge in [-0.05, 0) is 43.5 Å². The molecule has 1 aliphatic rings. The number of nitrogens with one attached hydrogen (secondary N) is 1. The molecule has 2 heterocycles. The van der Waals surface area contributed by atoms with Gasteiger partial charge in [-0.15, -0.1) is 35.7 Å². The molecule has 4 nitrogen and oxygen atoms in total. The fourth-order valence-electron chi connectivity index (χ4n) is 2.97. The van der Waals surface area contributed by atoms with Gasteiger partial charge in [0.25, 0.3) is 0 Å². The smallest absolute Gasteiger partial charge is 0.194 e. The van der Waals surface area contributed by atoms with E-state index in [2.05, 4.69) is 52.5 Å². The van der Waals surface area contributed by atoms with Crippen molar-refractivity contribution in [1.82, 2.24) is 15.2 Å². The molecule has 0 aliphatic carbocycles. The predicted molar refractivity (Wildman–Crippen MR) is 121 cm³/mol. The minimum Gasteiger partial charge on any atom is -0.357 e. The van der Waals surface area contributed by atoms with E-state index in [0.717, 1.165) is 31.3 Å². The molecule has 140 valence electrons. The summed E-state index contributed by atoms with van der Waals surface area (Å²) in [5, 5.41) is 3.43. The lowest BCUT2D eigenvalue weighted by molar-refractivity contribution is 0.474. The number of guanidine groups is 1. The number of rotatable bonds is 6. The number of benzene rings is 1. The zero-order valence-corrected chi connectivity index (χ0v) is 18.3. The number of halogens is 1. The first-order valence-electron chi connectivity index (χ1n) is 8.96. The molecule has 1 saturated heterocycles. The molecule has 3 rings (SSSR count). The van der Waals surface area contributed by atoms with Gasteiger partial charge in [0, 0.05) is 36.5 Å². The van der Waals surface area contributed by atoms with Crippen molar-refractivity contribution < 1.29 is 0 Å². The lowest BCUT2D eigenvalue weighted by Gasteiger charge is -2.21. The summed E-state index contributed by atoms with van der Waals surface area (Å²) in [4.78, 5) is 12.9. The Labute approximate surface area is 177 Å². The summed E-state index contributed by atoms with van der Waals surface area (Å²) in [6.07, 6.45) is 3.05. The standard InChI is InChI=1S/C20H26N4S.HI/c1-2-21-20(23-14-18-8-6-7-12-22-18)24-13-11-17(15-24)16-25-19-9-4-3-5-10-19;/h3-10,12,17H,2,11,13-16H2,1H3,(H,21,23);1H. The van der Waals surface area contributed by atoms with Gasteiger partial charge >= 0.3 is 0 Å². The highest BCUT2D eigenvalue weighted by atomic mass is 127. The Morgan fingerprint density at radius 1 is 1.23 bits per heavy atom. The van der Waals surface area contributed by atoms with Crippen LogP contribution in [0.5, 0.6) is 0 Å². The third-order valence-corrected chi connectivity index (χ3v) is 5.51. The Kier molecular flexibility index (Phi) is 9.25. The molecular weight excluding hydrogens is 455 g/mol. The number of thioether (sulfide) groups is 1. The third-order valence-electron chi connectivity index (χ3n) is 4.27. The van der Waals surface area contributed by atoms with E-state index in [4.69, 9.17) is 4.99 Å². The SMILES string of the molecule is CCNC(=NCc1ccccn1)N1CCC(CSc2ccccc2)C1.I. The number of pyridine rings is 1. The van der Waals surface area contributed by atoms with E-state index in [9.17, 15) is 0 Å². The quantitative estimate of drug-likeness (QED) is 0.289. The Morgan fingerprint density at radius 2 is 2.04 bits per heavy atom. The maximum absolute atomic E-state index is 4.78. The van der Waals surface area contributed by atoms with E-state index in [1.165, 1.54) is 17.1 Å². The Morgan fingerprint density at radius 3 is 2.77 bits per heavy atom. The van der Waals surface area contributed by atoms with Crippen LogP contribution in [0, 0.1) is 5.92 Å². The number of aromatic nitrogens is 1. The number of hydrogen-bond donors (Lipinski definition) is 1. The van der Waals surface area contributed by atoms with Crippen molar-refractivity contribution in [2.24, 2.45) is 10.9 Å². The van der Waals surface area contributed by atoms with Gasteiger partial charge in [-0.25, -0.2) is 4.99 Å². The van der Waals surface area contributed by atoms with Gasteiger partial charge in [-0.3, -0.25) is 4.98 Å². The highest BCUT2D eigenvalue weighted by Crippen LogP contribution is 2.25. The van der Waals surface area contributed by atoms with Gasteiger partial charge in [-0.2, -0.15) is 0 Å². The van der Waals surface area contributed by atoms with Crippen LogP contribution in [0.25, 0.3) is 0 Å². The predicted octanol–water partition coefficient (Wildman–Crippen LogP) is 4.28. The highest BCUT2D eigenvalue weighted by molar-refractivity contribution is 14.0. The molecule has 0 radical (unpaired) electrons. The lowest BCUT2D eigenvalue weighted by Crippen LogP contribution is -2.40. The highest BCUT2D eigenvalue weighted by Gasteiger charge is 2.24. The van der Waals surface area contributed by atoms with Crippen molar-refractivity contribution in [2.75, 3.05) is 25.4 Å². The maximum Gasteiger partial charge on any atom is 0.194 e. The molecule has 1 fully saturated rings. The molecule has 0 amide bonds. The average Bonchev–Trinajstić information content (AvgIpc) is 3.14. The van der Waals surface area contributed by atoms with E-state index < -0.39 is 0 Å². The normalized spacial score (nSPS) is 17.0. The minimum atomic E-state index is 0. The van der Waals surface area contributed by atoms with E-state index in [1.54, 1.807) is 0 Å². The fraction of sp³-hybridized carbons (Fsp3) is 0.400. The van der Waals surface area contributed by atoms with Crippen LogP contribution in [0.4, 0.5) is 0 Å². The van der Waals surface area contributed by atoms with Gasteiger partial charge in [0.2, 0.25) is 0 Å². The summed E-state index contributed by atoms with van der Waals surface area (Å²) < 4.78 is 0. The van der Waals surface area contributed by atoms with Crippen molar-refractivity contribution in [3.8, 4) is 0 Å². The van der Waals surface area contributed by atoms with Crippen molar-refractivity contribution in [3.05, 3.63) is 60.4 Å². The van der Waals surface area contributed by atoms with Crippen molar-refractivity contribution >= 4 is 41.7 Å². The van der Waals surface area contributed by atoms with Crippen LogP contribution in [0.1, 0.15) is 19.0 Å². The first-order valence-corrected chi connectivity index (χ1v) is 9.94. The molecule has 26 heavy (non-hydrogen) atoms. The molecule has 1 aliphatic heterocycles. The van der Waals surface area contributed by atoms with Crippen LogP contribution in [0.15, 0.2) is 64.6 Å². The second-order valence-corrected chi connectivity index (χ2v) is 7.31. The number of nitrogens with zero attached hydrogens (tertiary/aromatic N) is 3. The summed E-state index contributed by atoms with van der Waals surface area (Å²) in [7, 11) is 0. The molecule has 1 unspecified atom stereocenters. The van der Waals surface area contributed by atoms with Gasteiger partial charge in [0.1, 0.15) is 0 Å². The largest absolute Gasteiger partial charge is 0.357 e. The maximum atomic E-state index is 4.78. The summed E-state index contributed by atoms with van der Waals surface area (Å²) in [5.41, 5.74) is 1.01. The van der Waals surface area contributed by atoms with Gasteiger partial charge in [0.15, 0.2) is 5.96 Å². The van der Waals surface area contributed by atoms with E-state index >= 15 is 0 Å². The molecule has 2 aromatic rings. The van der Waals surface area contributed by atoms with Gasteiger partial charge in [0.05, 0.1) is 12.2 Å². The number of hydrogen-bond acceptors (Lipinski definition) is 3. The van der Waals surface area contributed by atoms with E-state index in [0.29, 0.717) is 12.5 Å². The van der Waals surface area contributed by atoms with E-state index in [1.807, 2.05) is 36.2 Å². The Bertz CT molecular complexity index is 666. The van der Waals surface area contributed by atoms with Crippen molar-refractivity contribution in [3.63, 3.8) is 0 Å². The van der Waals surface area contributed by atoms with Crippen molar-refractivity contribution in [1.29, 1.82) is 0 Å². The molecule has 1 atom stereocenters.